The molecule has 0 spiro atoms. The van der Waals surface area contributed by atoms with Crippen molar-refractivity contribution in [3.63, 3.8) is 0 Å². The Hall–Kier alpha value is -0.500. The first-order chi connectivity index (χ1) is 7.77. The number of allylic oxidation sites excluding steroid dienone is 1. The Kier molecular flexibility index (Phi) is 17.2. The van der Waals surface area contributed by atoms with Gasteiger partial charge in [0.2, 0.25) is 0 Å². The monoisotopic (exact) mass is 261 g/mol. The van der Waals surface area contributed by atoms with Gasteiger partial charge < -0.3 is 17.1 Å². The number of unbranched alkanes of at least 4 members (excludes halogenated alkanes) is 7. The van der Waals surface area contributed by atoms with Gasteiger partial charge in [0, 0.05) is 0 Å². The van der Waals surface area contributed by atoms with Gasteiger partial charge in [0.25, 0.3) is 0 Å². The number of rotatable bonds is 11. The zero-order valence-corrected chi connectivity index (χ0v) is 12.2. The summed E-state index contributed by atoms with van der Waals surface area (Å²) in [4.78, 5) is 0. The summed E-state index contributed by atoms with van der Waals surface area (Å²) in [5, 5.41) is 0. The maximum Gasteiger partial charge on any atom is 0.323 e. The molecule has 0 rings (SSSR count). The summed E-state index contributed by atoms with van der Waals surface area (Å²) in [7, 11) is 3.95. The van der Waals surface area contributed by atoms with Crippen molar-refractivity contribution in [2.45, 2.75) is 51.4 Å². The lowest BCUT2D eigenvalue weighted by molar-refractivity contribution is -0.468. The molecule has 102 valence electrons. The summed E-state index contributed by atoms with van der Waals surface area (Å²) in [5.41, 5.74) is 0. The summed E-state index contributed by atoms with van der Waals surface area (Å²) in [5.74, 6) is 0. The Morgan fingerprint density at radius 3 is 2.00 bits per heavy atom. The van der Waals surface area contributed by atoms with Crippen LogP contribution >= 0.6 is 0 Å². The first kappa shape index (κ1) is 18.9. The van der Waals surface area contributed by atoms with E-state index in [9.17, 15) is 0 Å². The Morgan fingerprint density at radius 1 is 0.941 bits per heavy atom. The van der Waals surface area contributed by atoms with E-state index in [1.807, 2.05) is 24.7 Å². The molecular weight excluding hydrogens is 234 g/mol. The van der Waals surface area contributed by atoms with Crippen LogP contribution in [0.2, 0.25) is 0 Å². The molecule has 0 heterocycles. The summed E-state index contributed by atoms with van der Waals surface area (Å²) < 4.78 is 7.27. The van der Waals surface area contributed by atoms with Crippen LogP contribution in [0.15, 0.2) is 12.7 Å². The molecule has 0 aromatic heterocycles. The SMILES string of the molecule is C=CCCCCCCCCCOC=[N+](C)C.[Cl-]. The van der Waals surface area contributed by atoms with Gasteiger partial charge in [-0.2, -0.15) is 0 Å². The highest BCUT2D eigenvalue weighted by Gasteiger charge is 1.92. The van der Waals surface area contributed by atoms with Crippen molar-refractivity contribution in [3.8, 4) is 0 Å². The third kappa shape index (κ3) is 18.1. The number of hydrogen-bond acceptors (Lipinski definition) is 1. The highest BCUT2D eigenvalue weighted by atomic mass is 35.5. The molecule has 0 saturated heterocycles. The maximum absolute atomic E-state index is 5.34. The van der Waals surface area contributed by atoms with Crippen molar-refractivity contribution in [1.29, 1.82) is 0 Å². The predicted molar refractivity (Wildman–Crippen MR) is 71.3 cm³/mol. The number of halogens is 1. The molecule has 0 aliphatic carbocycles. The molecule has 3 heteroatoms. The first-order valence-electron chi connectivity index (χ1n) is 6.49. The van der Waals surface area contributed by atoms with E-state index in [4.69, 9.17) is 4.74 Å². The van der Waals surface area contributed by atoms with Crippen LogP contribution in [0, 0.1) is 0 Å². The molecule has 0 amide bonds. The summed E-state index contributed by atoms with van der Waals surface area (Å²) >= 11 is 0. The van der Waals surface area contributed by atoms with Crippen molar-refractivity contribution in [3.05, 3.63) is 12.7 Å². The van der Waals surface area contributed by atoms with Crippen molar-refractivity contribution < 1.29 is 21.7 Å². The zero-order valence-electron chi connectivity index (χ0n) is 11.5. The second-order valence-corrected chi connectivity index (χ2v) is 4.49. The van der Waals surface area contributed by atoms with Crippen LogP contribution in [0.4, 0.5) is 0 Å². The third-order valence-corrected chi connectivity index (χ3v) is 2.46. The number of ether oxygens (including phenoxy) is 1. The largest absolute Gasteiger partial charge is 1.00 e. The Balaban J connectivity index is 0. The van der Waals surface area contributed by atoms with E-state index in [0.29, 0.717) is 0 Å². The standard InChI is InChI=1S/C14H28NO.ClH/c1-4-5-6-7-8-9-10-11-12-13-16-14-15(2)3;/h4,14H,1,5-13H2,2-3H3;1H/q+1;/p-1. The number of hydrogen-bond donors (Lipinski definition) is 0. The average Bonchev–Trinajstić information content (AvgIpc) is 2.25. The van der Waals surface area contributed by atoms with Gasteiger partial charge in [-0.25, -0.2) is 4.58 Å². The van der Waals surface area contributed by atoms with Crippen molar-refractivity contribution >= 4 is 6.40 Å². The normalized spacial score (nSPS) is 9.29. The molecular formula is C14H28ClNO. The van der Waals surface area contributed by atoms with E-state index >= 15 is 0 Å². The molecule has 0 aliphatic rings. The molecule has 0 atom stereocenters. The van der Waals surface area contributed by atoms with Gasteiger partial charge in [-0.15, -0.1) is 6.58 Å². The van der Waals surface area contributed by atoms with Gasteiger partial charge in [-0.3, -0.25) is 0 Å². The lowest BCUT2D eigenvalue weighted by atomic mass is 10.1. The molecule has 0 aliphatic heterocycles. The predicted octanol–water partition coefficient (Wildman–Crippen LogP) is 0.614. The van der Waals surface area contributed by atoms with Crippen LogP contribution in [0.5, 0.6) is 0 Å². The lowest BCUT2D eigenvalue weighted by Crippen LogP contribution is -3.00. The summed E-state index contributed by atoms with van der Waals surface area (Å²) in [6, 6.07) is 0. The van der Waals surface area contributed by atoms with E-state index in [0.717, 1.165) is 6.61 Å². The van der Waals surface area contributed by atoms with Crippen molar-refractivity contribution in [1.82, 2.24) is 0 Å². The van der Waals surface area contributed by atoms with Crippen LogP contribution in [0.3, 0.4) is 0 Å². The summed E-state index contributed by atoms with van der Waals surface area (Å²) in [6.45, 7) is 4.58. The van der Waals surface area contributed by atoms with E-state index in [1.54, 1.807) is 6.40 Å². The minimum Gasteiger partial charge on any atom is -1.00 e. The van der Waals surface area contributed by atoms with Crippen LogP contribution in [-0.4, -0.2) is 31.7 Å². The Morgan fingerprint density at radius 2 is 1.47 bits per heavy atom. The van der Waals surface area contributed by atoms with Gasteiger partial charge in [0.15, 0.2) is 0 Å². The third-order valence-electron chi connectivity index (χ3n) is 2.46. The minimum atomic E-state index is 0. The quantitative estimate of drug-likeness (QED) is 0.175. The Labute approximate surface area is 113 Å². The highest BCUT2D eigenvalue weighted by molar-refractivity contribution is 5.38. The van der Waals surface area contributed by atoms with E-state index in [-0.39, 0.29) is 12.4 Å². The highest BCUT2D eigenvalue weighted by Crippen LogP contribution is 2.08. The fourth-order valence-electron chi connectivity index (χ4n) is 1.56. The van der Waals surface area contributed by atoms with Crippen molar-refractivity contribution in [2.75, 3.05) is 20.7 Å². The minimum absolute atomic E-state index is 0. The summed E-state index contributed by atoms with van der Waals surface area (Å²) in [6.07, 6.45) is 14.2. The zero-order chi connectivity index (χ0) is 12.1. The molecule has 0 aromatic rings. The molecule has 2 nitrogen and oxygen atoms in total. The lowest BCUT2D eigenvalue weighted by Gasteiger charge is -2.01. The molecule has 0 fully saturated rings. The van der Waals surface area contributed by atoms with Gasteiger partial charge in [-0.05, 0) is 19.3 Å². The molecule has 0 aromatic carbocycles. The molecule has 0 bridgehead atoms. The maximum atomic E-state index is 5.34. The second-order valence-electron chi connectivity index (χ2n) is 4.49. The van der Waals surface area contributed by atoms with Gasteiger partial charge >= 0.3 is 6.40 Å². The van der Waals surface area contributed by atoms with Crippen LogP contribution in [-0.2, 0) is 4.74 Å². The topological polar surface area (TPSA) is 12.2 Å². The first-order valence-corrected chi connectivity index (χ1v) is 6.49. The van der Waals surface area contributed by atoms with Gasteiger partial charge in [-0.1, -0.05) is 38.2 Å². The molecule has 0 N–H and O–H groups in total. The fourth-order valence-corrected chi connectivity index (χ4v) is 1.56. The van der Waals surface area contributed by atoms with Crippen molar-refractivity contribution in [2.24, 2.45) is 0 Å². The van der Waals surface area contributed by atoms with Gasteiger partial charge in [0.1, 0.15) is 14.1 Å². The Bertz CT molecular complexity index is 189. The smallest absolute Gasteiger partial charge is 0.323 e. The molecule has 17 heavy (non-hydrogen) atoms. The van der Waals surface area contributed by atoms with E-state index in [1.165, 1.54) is 51.4 Å². The van der Waals surface area contributed by atoms with Crippen LogP contribution in [0.25, 0.3) is 0 Å². The molecule has 0 unspecified atom stereocenters. The molecule has 0 saturated carbocycles. The van der Waals surface area contributed by atoms with Crippen LogP contribution < -0.4 is 12.4 Å². The van der Waals surface area contributed by atoms with Crippen LogP contribution in [0.1, 0.15) is 51.4 Å². The fraction of sp³-hybridized carbons (Fsp3) is 0.786. The average molecular weight is 262 g/mol. The molecule has 0 radical (unpaired) electrons. The van der Waals surface area contributed by atoms with E-state index in [2.05, 4.69) is 6.58 Å². The van der Waals surface area contributed by atoms with Gasteiger partial charge in [0.05, 0.1) is 6.61 Å². The second kappa shape index (κ2) is 15.5. The van der Waals surface area contributed by atoms with E-state index < -0.39 is 0 Å². The number of nitrogens with zero attached hydrogens (tertiary/aromatic N) is 1.